The Morgan fingerprint density at radius 1 is 1.50 bits per heavy atom. The van der Waals surface area contributed by atoms with Crippen LogP contribution in [-0.4, -0.2) is 11.4 Å². The van der Waals surface area contributed by atoms with E-state index in [1.165, 1.54) is 4.88 Å². The third kappa shape index (κ3) is 3.36. The summed E-state index contributed by atoms with van der Waals surface area (Å²) in [5.41, 5.74) is -0.0328. The van der Waals surface area contributed by atoms with E-state index in [4.69, 9.17) is 0 Å². The standard InChI is InChI=1S/C13H17Br2NOS/c1-8(2)6-13(4-3-11(17)16-13)7-9-5-10(14)12(15)18-9/h5,8H,3-4,6-7H2,1-2H3,(H,16,17). The summed E-state index contributed by atoms with van der Waals surface area (Å²) in [6.07, 6.45) is 3.61. The summed E-state index contributed by atoms with van der Waals surface area (Å²) in [7, 11) is 0. The van der Waals surface area contributed by atoms with Crippen LogP contribution in [0.3, 0.4) is 0 Å². The minimum atomic E-state index is -0.0328. The van der Waals surface area contributed by atoms with E-state index >= 15 is 0 Å². The fourth-order valence-electron chi connectivity index (χ4n) is 2.72. The van der Waals surface area contributed by atoms with Crippen LogP contribution in [0.4, 0.5) is 0 Å². The zero-order valence-electron chi connectivity index (χ0n) is 10.6. The van der Waals surface area contributed by atoms with Crippen molar-refractivity contribution in [3.63, 3.8) is 0 Å². The van der Waals surface area contributed by atoms with E-state index in [2.05, 4.69) is 57.1 Å². The van der Waals surface area contributed by atoms with E-state index in [0.29, 0.717) is 12.3 Å². The minimum absolute atomic E-state index is 0.0328. The predicted molar refractivity (Wildman–Crippen MR) is 83.0 cm³/mol. The first kappa shape index (κ1) is 14.5. The lowest BCUT2D eigenvalue weighted by Gasteiger charge is -2.30. The van der Waals surface area contributed by atoms with Gasteiger partial charge in [-0.2, -0.15) is 0 Å². The van der Waals surface area contributed by atoms with Crippen LogP contribution in [0, 0.1) is 5.92 Å². The van der Waals surface area contributed by atoms with E-state index in [9.17, 15) is 4.79 Å². The quantitative estimate of drug-likeness (QED) is 0.799. The van der Waals surface area contributed by atoms with Crippen LogP contribution >= 0.6 is 43.2 Å². The van der Waals surface area contributed by atoms with Crippen molar-refractivity contribution in [3.8, 4) is 0 Å². The number of hydrogen-bond acceptors (Lipinski definition) is 2. The van der Waals surface area contributed by atoms with Gasteiger partial charge in [0.2, 0.25) is 5.91 Å². The molecule has 0 saturated carbocycles. The van der Waals surface area contributed by atoms with Crippen molar-refractivity contribution in [2.45, 2.75) is 45.1 Å². The minimum Gasteiger partial charge on any atom is -0.350 e. The van der Waals surface area contributed by atoms with Crippen LogP contribution in [-0.2, 0) is 11.2 Å². The molecule has 1 fully saturated rings. The number of halogens is 2. The van der Waals surface area contributed by atoms with Crippen LogP contribution in [0.1, 0.15) is 38.0 Å². The Balaban J connectivity index is 2.17. The van der Waals surface area contributed by atoms with E-state index < -0.39 is 0 Å². The van der Waals surface area contributed by atoms with Crippen LogP contribution in [0.2, 0.25) is 0 Å². The summed E-state index contributed by atoms with van der Waals surface area (Å²) in [5, 5.41) is 3.21. The van der Waals surface area contributed by atoms with Gasteiger partial charge in [-0.3, -0.25) is 4.79 Å². The number of thiophene rings is 1. The summed E-state index contributed by atoms with van der Waals surface area (Å²) < 4.78 is 2.23. The fourth-order valence-corrected chi connectivity index (χ4v) is 5.05. The van der Waals surface area contributed by atoms with Crippen LogP contribution in [0.25, 0.3) is 0 Å². The molecule has 1 atom stereocenters. The average molecular weight is 395 g/mol. The van der Waals surface area contributed by atoms with Gasteiger partial charge in [0.25, 0.3) is 0 Å². The van der Waals surface area contributed by atoms with E-state index in [1.54, 1.807) is 11.3 Å². The Morgan fingerprint density at radius 2 is 2.22 bits per heavy atom. The molecule has 0 bridgehead atoms. The number of amides is 1. The van der Waals surface area contributed by atoms with Crippen LogP contribution in [0.15, 0.2) is 14.3 Å². The van der Waals surface area contributed by atoms with Gasteiger partial charge in [-0.25, -0.2) is 0 Å². The third-order valence-corrected chi connectivity index (χ3v) is 6.50. The Morgan fingerprint density at radius 3 is 2.67 bits per heavy atom. The normalized spacial score (nSPS) is 23.7. The first-order valence-corrected chi connectivity index (χ1v) is 8.55. The lowest BCUT2D eigenvalue weighted by atomic mass is 9.84. The summed E-state index contributed by atoms with van der Waals surface area (Å²) >= 11 is 8.80. The van der Waals surface area contributed by atoms with E-state index in [-0.39, 0.29) is 11.4 Å². The van der Waals surface area contributed by atoms with Crippen LogP contribution in [0.5, 0.6) is 0 Å². The molecule has 1 aliphatic rings. The fraction of sp³-hybridized carbons (Fsp3) is 0.615. The van der Waals surface area contributed by atoms with Gasteiger partial charge in [-0.05, 0) is 56.7 Å². The van der Waals surface area contributed by atoms with Crippen molar-refractivity contribution in [1.82, 2.24) is 5.32 Å². The van der Waals surface area contributed by atoms with Gasteiger partial charge in [-0.1, -0.05) is 13.8 Å². The molecule has 5 heteroatoms. The van der Waals surface area contributed by atoms with Crippen molar-refractivity contribution >= 4 is 49.1 Å². The predicted octanol–water partition coefficient (Wildman–Crippen LogP) is 4.51. The van der Waals surface area contributed by atoms with Gasteiger partial charge in [0, 0.05) is 27.7 Å². The lowest BCUT2D eigenvalue weighted by Crippen LogP contribution is -2.44. The van der Waals surface area contributed by atoms with Gasteiger partial charge in [0.1, 0.15) is 0 Å². The maximum Gasteiger partial charge on any atom is 0.220 e. The van der Waals surface area contributed by atoms with E-state index in [0.717, 1.165) is 27.5 Å². The molecular weight excluding hydrogens is 378 g/mol. The zero-order valence-corrected chi connectivity index (χ0v) is 14.5. The van der Waals surface area contributed by atoms with Gasteiger partial charge < -0.3 is 5.32 Å². The maximum atomic E-state index is 11.6. The van der Waals surface area contributed by atoms with Crippen LogP contribution < -0.4 is 5.32 Å². The summed E-state index contributed by atoms with van der Waals surface area (Å²) in [6, 6.07) is 2.15. The highest BCUT2D eigenvalue weighted by Crippen LogP contribution is 2.37. The van der Waals surface area contributed by atoms with Crippen molar-refractivity contribution < 1.29 is 4.79 Å². The van der Waals surface area contributed by atoms with Crippen molar-refractivity contribution in [1.29, 1.82) is 0 Å². The Hall–Kier alpha value is 0.130. The number of carbonyl (C=O) groups excluding carboxylic acids is 1. The molecule has 2 nitrogen and oxygen atoms in total. The molecule has 2 heterocycles. The van der Waals surface area contributed by atoms with Gasteiger partial charge in [-0.15, -0.1) is 11.3 Å². The molecule has 1 saturated heterocycles. The highest BCUT2D eigenvalue weighted by atomic mass is 79.9. The van der Waals surface area contributed by atoms with E-state index in [1.807, 2.05) is 0 Å². The first-order valence-electron chi connectivity index (χ1n) is 6.15. The SMILES string of the molecule is CC(C)CC1(Cc2cc(Br)c(Br)s2)CCC(=O)N1. The number of nitrogens with one attached hydrogen (secondary N) is 1. The Bertz CT molecular complexity index is 438. The smallest absolute Gasteiger partial charge is 0.220 e. The second-order valence-electron chi connectivity index (χ2n) is 5.44. The van der Waals surface area contributed by atoms with Gasteiger partial charge >= 0.3 is 0 Å². The molecule has 1 unspecified atom stereocenters. The molecule has 1 aliphatic heterocycles. The van der Waals surface area contributed by atoms with Crippen molar-refractivity contribution in [2.75, 3.05) is 0 Å². The molecule has 1 N–H and O–H groups in total. The molecule has 0 radical (unpaired) electrons. The molecule has 0 aliphatic carbocycles. The third-order valence-electron chi connectivity index (χ3n) is 3.24. The molecule has 1 aromatic heterocycles. The Kier molecular flexibility index (Phi) is 4.55. The lowest BCUT2D eigenvalue weighted by molar-refractivity contribution is -0.119. The van der Waals surface area contributed by atoms with Crippen molar-refractivity contribution in [3.05, 3.63) is 19.2 Å². The molecule has 1 aromatic rings. The topological polar surface area (TPSA) is 29.1 Å². The summed E-state index contributed by atoms with van der Waals surface area (Å²) in [4.78, 5) is 12.9. The van der Waals surface area contributed by atoms with Gasteiger partial charge in [0.05, 0.1) is 3.79 Å². The molecule has 2 rings (SSSR count). The zero-order chi connectivity index (χ0) is 13.3. The second-order valence-corrected chi connectivity index (χ2v) is 8.75. The largest absolute Gasteiger partial charge is 0.350 e. The molecule has 18 heavy (non-hydrogen) atoms. The maximum absolute atomic E-state index is 11.6. The number of rotatable bonds is 4. The highest BCUT2D eigenvalue weighted by Gasteiger charge is 2.38. The first-order chi connectivity index (χ1) is 8.40. The van der Waals surface area contributed by atoms with Crippen molar-refractivity contribution in [2.24, 2.45) is 5.92 Å². The molecule has 100 valence electrons. The molecule has 1 amide bonds. The number of hydrogen-bond donors (Lipinski definition) is 1. The Labute approximate surface area is 129 Å². The monoisotopic (exact) mass is 393 g/mol. The average Bonchev–Trinajstić information content (AvgIpc) is 2.71. The summed E-state index contributed by atoms with van der Waals surface area (Å²) in [5.74, 6) is 0.792. The number of carbonyl (C=O) groups is 1. The highest BCUT2D eigenvalue weighted by molar-refractivity contribution is 9.13. The second kappa shape index (κ2) is 5.63. The van der Waals surface area contributed by atoms with Gasteiger partial charge in [0.15, 0.2) is 0 Å². The molecule has 0 spiro atoms. The summed E-state index contributed by atoms with van der Waals surface area (Å²) in [6.45, 7) is 4.43. The molecule has 0 aromatic carbocycles. The molecular formula is C13H17Br2NOS.